The molecule has 3 aromatic heterocycles. The van der Waals surface area contributed by atoms with Gasteiger partial charge in [-0.1, -0.05) is 50.2 Å². The molecule has 2 aromatic carbocycles. The highest BCUT2D eigenvalue weighted by Gasteiger charge is 2.18. The predicted molar refractivity (Wildman–Crippen MR) is 140 cm³/mol. The maximum atomic E-state index is 13.2. The second-order valence-corrected chi connectivity index (χ2v) is 9.60. The van der Waals surface area contributed by atoms with Gasteiger partial charge in [0.15, 0.2) is 0 Å². The molecule has 0 bridgehead atoms. The molecule has 3 N–H and O–H groups in total. The van der Waals surface area contributed by atoms with Crippen molar-refractivity contribution < 1.29 is 4.79 Å². The minimum atomic E-state index is -0.220. The summed E-state index contributed by atoms with van der Waals surface area (Å²) in [5.74, 6) is 0.664. The van der Waals surface area contributed by atoms with Crippen molar-refractivity contribution in [2.45, 2.75) is 33.1 Å². The van der Waals surface area contributed by atoms with Crippen LogP contribution in [-0.2, 0) is 6.42 Å². The van der Waals surface area contributed by atoms with Crippen molar-refractivity contribution in [1.29, 1.82) is 0 Å². The average molecular weight is 468 g/mol. The van der Waals surface area contributed by atoms with Gasteiger partial charge in [-0.25, -0.2) is 9.97 Å². The molecule has 0 unspecified atom stereocenters. The van der Waals surface area contributed by atoms with Gasteiger partial charge in [-0.3, -0.25) is 9.78 Å². The van der Waals surface area contributed by atoms with E-state index in [1.165, 1.54) is 28.8 Å². The van der Waals surface area contributed by atoms with Gasteiger partial charge in [0.25, 0.3) is 5.91 Å². The summed E-state index contributed by atoms with van der Waals surface area (Å²) >= 11 is 1.37. The van der Waals surface area contributed by atoms with Crippen molar-refractivity contribution in [3.8, 4) is 0 Å². The molecule has 0 atom stereocenters. The van der Waals surface area contributed by atoms with Crippen LogP contribution in [0.2, 0.25) is 0 Å². The number of rotatable bonds is 5. The number of fused-ring (bicyclic) bond motifs is 2. The number of benzene rings is 2. The van der Waals surface area contributed by atoms with E-state index in [0.29, 0.717) is 22.8 Å². The van der Waals surface area contributed by atoms with Gasteiger partial charge in [0.2, 0.25) is 0 Å². The van der Waals surface area contributed by atoms with Crippen LogP contribution in [0, 0.1) is 6.92 Å². The van der Waals surface area contributed by atoms with Gasteiger partial charge < -0.3 is 11.1 Å². The minimum Gasteiger partial charge on any atom is -0.382 e. The molecular weight excluding hydrogens is 442 g/mol. The van der Waals surface area contributed by atoms with Crippen LogP contribution < -0.4 is 11.1 Å². The summed E-state index contributed by atoms with van der Waals surface area (Å²) in [6.07, 6.45) is 3.91. The van der Waals surface area contributed by atoms with Crippen LogP contribution in [0.5, 0.6) is 0 Å². The first-order valence-electron chi connectivity index (χ1n) is 11.2. The molecule has 6 nitrogen and oxygen atoms in total. The quantitative estimate of drug-likeness (QED) is 0.326. The Balaban J connectivity index is 1.50. The number of nitrogens with one attached hydrogen (secondary N) is 1. The van der Waals surface area contributed by atoms with Crippen LogP contribution in [0.1, 0.15) is 52.5 Å². The topological polar surface area (TPSA) is 93.8 Å². The highest BCUT2D eigenvalue weighted by molar-refractivity contribution is 7.18. The normalized spacial score (nSPS) is 11.4. The van der Waals surface area contributed by atoms with E-state index in [2.05, 4.69) is 64.4 Å². The van der Waals surface area contributed by atoms with E-state index in [1.54, 1.807) is 5.38 Å². The van der Waals surface area contributed by atoms with E-state index in [9.17, 15) is 4.79 Å². The monoisotopic (exact) mass is 467 g/mol. The Morgan fingerprint density at radius 3 is 2.59 bits per heavy atom. The van der Waals surface area contributed by atoms with Crippen molar-refractivity contribution >= 4 is 49.7 Å². The SMILES string of the molecule is Cc1ccc2c(Cc3ccc(C(C)C)cc3)nccc2c1NC(=O)c1csc2c(N)ncnc12. The Hall–Kier alpha value is -3.84. The predicted octanol–water partition coefficient (Wildman–Crippen LogP) is 6.10. The van der Waals surface area contributed by atoms with Crippen molar-refractivity contribution in [3.05, 3.63) is 88.3 Å². The fourth-order valence-electron chi connectivity index (χ4n) is 4.16. The summed E-state index contributed by atoms with van der Waals surface area (Å²) < 4.78 is 0.720. The van der Waals surface area contributed by atoms with Gasteiger partial charge in [0, 0.05) is 28.8 Å². The standard InChI is InChI=1S/C27H25N5OS/c1-15(2)18-7-5-17(6-8-18)12-22-19-9-4-16(3)23(20(19)10-11-29-22)32-27(33)21-13-34-25-24(21)30-14-31-26(25)28/h4-11,13-15H,12H2,1-3H3,(H,32,33)(H2,28,30,31). The molecule has 34 heavy (non-hydrogen) atoms. The minimum absolute atomic E-state index is 0.220. The number of nitrogens with two attached hydrogens (primary N) is 1. The molecule has 7 heteroatoms. The number of nitrogens with zero attached hydrogens (tertiary/aromatic N) is 3. The lowest BCUT2D eigenvalue weighted by Gasteiger charge is -2.14. The average Bonchev–Trinajstić information content (AvgIpc) is 3.27. The first kappa shape index (κ1) is 22.0. The molecule has 0 aliphatic carbocycles. The third-order valence-corrected chi connectivity index (χ3v) is 7.11. The Morgan fingerprint density at radius 1 is 1.03 bits per heavy atom. The smallest absolute Gasteiger partial charge is 0.258 e. The summed E-state index contributed by atoms with van der Waals surface area (Å²) in [5.41, 5.74) is 12.3. The molecule has 0 aliphatic heterocycles. The highest BCUT2D eigenvalue weighted by Crippen LogP contribution is 2.32. The Bertz CT molecular complexity index is 1520. The van der Waals surface area contributed by atoms with Crippen LogP contribution in [-0.4, -0.2) is 20.9 Å². The molecule has 0 radical (unpaired) electrons. The molecule has 0 saturated carbocycles. The van der Waals surface area contributed by atoms with E-state index in [-0.39, 0.29) is 5.91 Å². The lowest BCUT2D eigenvalue weighted by atomic mass is 9.97. The van der Waals surface area contributed by atoms with E-state index in [4.69, 9.17) is 5.73 Å². The van der Waals surface area contributed by atoms with Crippen LogP contribution in [0.15, 0.2) is 60.4 Å². The van der Waals surface area contributed by atoms with Crippen molar-refractivity contribution in [1.82, 2.24) is 15.0 Å². The number of anilines is 2. The molecule has 170 valence electrons. The van der Waals surface area contributed by atoms with E-state index < -0.39 is 0 Å². The molecule has 5 aromatic rings. The first-order valence-corrected chi connectivity index (χ1v) is 12.1. The second-order valence-electron chi connectivity index (χ2n) is 8.72. The van der Waals surface area contributed by atoms with Crippen LogP contribution >= 0.6 is 11.3 Å². The number of aromatic nitrogens is 3. The zero-order chi connectivity index (χ0) is 23.8. The number of thiophene rings is 1. The lowest BCUT2D eigenvalue weighted by molar-refractivity contribution is 0.102. The zero-order valence-electron chi connectivity index (χ0n) is 19.3. The van der Waals surface area contributed by atoms with Crippen molar-refractivity contribution in [2.24, 2.45) is 0 Å². The zero-order valence-corrected chi connectivity index (χ0v) is 20.1. The third-order valence-electron chi connectivity index (χ3n) is 6.12. The van der Waals surface area contributed by atoms with Crippen molar-refractivity contribution in [3.63, 3.8) is 0 Å². The van der Waals surface area contributed by atoms with E-state index >= 15 is 0 Å². The highest BCUT2D eigenvalue weighted by atomic mass is 32.1. The Morgan fingerprint density at radius 2 is 1.82 bits per heavy atom. The molecule has 0 spiro atoms. The van der Waals surface area contributed by atoms with Gasteiger partial charge in [0.1, 0.15) is 12.1 Å². The molecule has 3 heterocycles. The van der Waals surface area contributed by atoms with Gasteiger partial charge in [-0.05, 0) is 35.6 Å². The molecule has 5 rings (SSSR count). The molecule has 0 fully saturated rings. The number of carbonyl (C=O) groups excluding carboxylic acids is 1. The van der Waals surface area contributed by atoms with Gasteiger partial charge >= 0.3 is 0 Å². The summed E-state index contributed by atoms with van der Waals surface area (Å²) in [7, 11) is 0. The van der Waals surface area contributed by atoms with Gasteiger partial charge in [-0.15, -0.1) is 11.3 Å². The third kappa shape index (κ3) is 3.99. The fraction of sp³-hybridized carbons (Fsp3) is 0.185. The lowest BCUT2D eigenvalue weighted by Crippen LogP contribution is -2.13. The van der Waals surface area contributed by atoms with Crippen molar-refractivity contribution in [2.75, 3.05) is 11.1 Å². The van der Waals surface area contributed by atoms with Crippen LogP contribution in [0.25, 0.3) is 21.0 Å². The Labute approximate surface area is 201 Å². The second kappa shape index (κ2) is 8.83. The number of pyridine rings is 1. The first-order chi connectivity index (χ1) is 16.4. The summed E-state index contributed by atoms with van der Waals surface area (Å²) in [4.78, 5) is 26.2. The van der Waals surface area contributed by atoms with Crippen LogP contribution in [0.4, 0.5) is 11.5 Å². The van der Waals surface area contributed by atoms with E-state index in [1.807, 2.05) is 25.3 Å². The largest absolute Gasteiger partial charge is 0.382 e. The van der Waals surface area contributed by atoms with Gasteiger partial charge in [0.05, 0.1) is 27.2 Å². The van der Waals surface area contributed by atoms with E-state index in [0.717, 1.165) is 38.8 Å². The maximum absolute atomic E-state index is 13.2. The summed E-state index contributed by atoms with van der Waals surface area (Å²) in [6, 6.07) is 14.8. The number of hydrogen-bond donors (Lipinski definition) is 2. The Kier molecular flexibility index (Phi) is 5.71. The summed E-state index contributed by atoms with van der Waals surface area (Å²) in [6.45, 7) is 6.38. The van der Waals surface area contributed by atoms with Crippen LogP contribution in [0.3, 0.4) is 0 Å². The maximum Gasteiger partial charge on any atom is 0.258 e. The number of aryl methyl sites for hydroxylation is 1. The molecule has 0 saturated heterocycles. The number of hydrogen-bond acceptors (Lipinski definition) is 6. The molecule has 1 amide bonds. The number of nitrogen functional groups attached to an aromatic ring is 1. The van der Waals surface area contributed by atoms with Gasteiger partial charge in [-0.2, -0.15) is 0 Å². The summed E-state index contributed by atoms with van der Waals surface area (Å²) in [5, 5.41) is 6.88. The number of carbonyl (C=O) groups is 1. The molecule has 0 aliphatic rings. The number of amides is 1. The molecular formula is C27H25N5OS. The fourth-order valence-corrected chi connectivity index (χ4v) is 5.06.